The standard InChI is InChI=1S/C23H27N3O3S/c1-2-3-11-30(28,29)26-20-13-17-9-10-18(12-19(17)14-20)23-21(15-22(27)24-25-23)16-7-5-4-6-8-16/h4-10,12,20-21,26H,2-3,11,13-15H2,1H3,(H,24,27). The molecule has 0 saturated heterocycles. The normalized spacial score (nSPS) is 21.1. The van der Waals surface area contributed by atoms with E-state index in [1.165, 1.54) is 5.56 Å². The summed E-state index contributed by atoms with van der Waals surface area (Å²) >= 11 is 0. The minimum absolute atomic E-state index is 0.0877. The number of fused-ring (bicyclic) bond motifs is 1. The fraction of sp³-hybridized carbons (Fsp3) is 0.391. The Hall–Kier alpha value is -2.51. The van der Waals surface area contributed by atoms with Crippen molar-refractivity contribution >= 4 is 21.6 Å². The number of sulfonamides is 1. The van der Waals surface area contributed by atoms with Gasteiger partial charge < -0.3 is 0 Å². The van der Waals surface area contributed by atoms with E-state index in [-0.39, 0.29) is 23.6 Å². The second kappa shape index (κ2) is 8.70. The Morgan fingerprint density at radius 1 is 1.07 bits per heavy atom. The number of carbonyl (C=O) groups is 1. The Labute approximate surface area is 177 Å². The highest BCUT2D eigenvalue weighted by atomic mass is 32.2. The van der Waals surface area contributed by atoms with Crippen LogP contribution in [-0.2, 0) is 27.7 Å². The maximum atomic E-state index is 12.3. The third-order valence-corrected chi connectivity index (χ3v) is 7.29. The number of amides is 1. The van der Waals surface area contributed by atoms with E-state index in [4.69, 9.17) is 0 Å². The lowest BCUT2D eigenvalue weighted by atomic mass is 9.85. The van der Waals surface area contributed by atoms with Gasteiger partial charge in [0, 0.05) is 18.4 Å². The van der Waals surface area contributed by atoms with Gasteiger partial charge in [-0.15, -0.1) is 0 Å². The summed E-state index contributed by atoms with van der Waals surface area (Å²) in [5.74, 6) is -0.00492. The molecule has 2 atom stereocenters. The number of nitrogens with zero attached hydrogens (tertiary/aromatic N) is 1. The summed E-state index contributed by atoms with van der Waals surface area (Å²) in [5.41, 5.74) is 7.80. The highest BCUT2D eigenvalue weighted by molar-refractivity contribution is 7.89. The molecule has 2 unspecified atom stereocenters. The first-order valence-corrected chi connectivity index (χ1v) is 12.1. The minimum Gasteiger partial charge on any atom is -0.273 e. The first-order chi connectivity index (χ1) is 14.4. The van der Waals surface area contributed by atoms with Gasteiger partial charge in [-0.1, -0.05) is 55.8 Å². The van der Waals surface area contributed by atoms with Crippen LogP contribution in [-0.4, -0.2) is 31.8 Å². The lowest BCUT2D eigenvalue weighted by Gasteiger charge is -2.23. The predicted octanol–water partition coefficient (Wildman–Crippen LogP) is 2.88. The van der Waals surface area contributed by atoms with Crippen molar-refractivity contribution in [3.8, 4) is 0 Å². The van der Waals surface area contributed by atoms with Crippen LogP contribution in [0.1, 0.15) is 54.4 Å². The van der Waals surface area contributed by atoms with Gasteiger partial charge in [-0.2, -0.15) is 5.10 Å². The van der Waals surface area contributed by atoms with Gasteiger partial charge in [0.2, 0.25) is 15.9 Å². The fourth-order valence-corrected chi connectivity index (χ4v) is 5.72. The van der Waals surface area contributed by atoms with Gasteiger partial charge in [0.15, 0.2) is 0 Å². The van der Waals surface area contributed by atoms with E-state index in [2.05, 4.69) is 27.4 Å². The Morgan fingerprint density at radius 3 is 2.60 bits per heavy atom. The van der Waals surface area contributed by atoms with Crippen LogP contribution in [0, 0.1) is 0 Å². The molecular formula is C23H27N3O3S. The molecule has 0 aromatic heterocycles. The fourth-order valence-electron chi connectivity index (χ4n) is 4.26. The number of hydrogen-bond donors (Lipinski definition) is 2. The largest absolute Gasteiger partial charge is 0.273 e. The van der Waals surface area contributed by atoms with Crippen LogP contribution >= 0.6 is 0 Å². The van der Waals surface area contributed by atoms with E-state index < -0.39 is 10.0 Å². The van der Waals surface area contributed by atoms with Crippen LogP contribution in [0.3, 0.4) is 0 Å². The lowest BCUT2D eigenvalue weighted by Crippen LogP contribution is -2.36. The summed E-state index contributed by atoms with van der Waals surface area (Å²) in [4.78, 5) is 12.0. The second-order valence-corrected chi connectivity index (χ2v) is 9.95. The zero-order valence-electron chi connectivity index (χ0n) is 17.1. The average molecular weight is 426 g/mol. The summed E-state index contributed by atoms with van der Waals surface area (Å²) < 4.78 is 27.4. The smallest absolute Gasteiger partial charge is 0.241 e. The van der Waals surface area contributed by atoms with E-state index in [0.29, 0.717) is 25.7 Å². The minimum atomic E-state index is -3.25. The number of rotatable bonds is 7. The van der Waals surface area contributed by atoms with Gasteiger partial charge in [0.05, 0.1) is 11.5 Å². The molecule has 7 heteroatoms. The molecule has 4 rings (SSSR count). The van der Waals surface area contributed by atoms with E-state index in [9.17, 15) is 13.2 Å². The summed E-state index contributed by atoms with van der Waals surface area (Å²) in [7, 11) is -3.25. The number of hydrazone groups is 1. The van der Waals surface area contributed by atoms with Gasteiger partial charge >= 0.3 is 0 Å². The van der Waals surface area contributed by atoms with Crippen molar-refractivity contribution in [2.75, 3.05) is 5.75 Å². The summed E-state index contributed by atoms with van der Waals surface area (Å²) in [5, 5.41) is 4.38. The van der Waals surface area contributed by atoms with E-state index >= 15 is 0 Å². The molecule has 0 bridgehead atoms. The van der Waals surface area contributed by atoms with Crippen molar-refractivity contribution in [2.24, 2.45) is 5.10 Å². The number of carbonyl (C=O) groups excluding carboxylic acids is 1. The number of unbranched alkanes of at least 4 members (excludes halogenated alkanes) is 1. The monoisotopic (exact) mass is 425 g/mol. The van der Waals surface area contributed by atoms with Gasteiger partial charge in [-0.3, -0.25) is 4.79 Å². The third kappa shape index (κ3) is 4.63. The van der Waals surface area contributed by atoms with Gasteiger partial charge in [-0.25, -0.2) is 18.6 Å². The molecule has 2 aliphatic rings. The van der Waals surface area contributed by atoms with Gasteiger partial charge in [-0.05, 0) is 47.6 Å². The second-order valence-electron chi connectivity index (χ2n) is 8.08. The molecule has 1 heterocycles. The molecule has 158 valence electrons. The molecule has 1 aliphatic carbocycles. The molecule has 0 fully saturated rings. The van der Waals surface area contributed by atoms with Crippen LogP contribution in [0.5, 0.6) is 0 Å². The first-order valence-electron chi connectivity index (χ1n) is 10.5. The maximum absolute atomic E-state index is 12.3. The Bertz CT molecular complexity index is 1060. The Morgan fingerprint density at radius 2 is 1.83 bits per heavy atom. The lowest BCUT2D eigenvalue weighted by molar-refractivity contribution is -0.121. The zero-order valence-corrected chi connectivity index (χ0v) is 17.9. The van der Waals surface area contributed by atoms with E-state index in [1.54, 1.807) is 0 Å². The Balaban J connectivity index is 1.55. The molecule has 1 aliphatic heterocycles. The van der Waals surface area contributed by atoms with E-state index in [0.717, 1.165) is 28.8 Å². The molecule has 2 aromatic carbocycles. The van der Waals surface area contributed by atoms with Crippen molar-refractivity contribution in [3.05, 3.63) is 70.8 Å². The number of hydrogen-bond acceptors (Lipinski definition) is 4. The number of benzene rings is 2. The van der Waals surface area contributed by atoms with Gasteiger partial charge in [0.1, 0.15) is 0 Å². The zero-order chi connectivity index (χ0) is 21.1. The van der Waals surface area contributed by atoms with Crippen LogP contribution in [0.25, 0.3) is 0 Å². The van der Waals surface area contributed by atoms with Crippen LogP contribution in [0.4, 0.5) is 0 Å². The first kappa shape index (κ1) is 20.8. The molecule has 2 aromatic rings. The quantitative estimate of drug-likeness (QED) is 0.715. The average Bonchev–Trinajstić information content (AvgIpc) is 3.13. The summed E-state index contributed by atoms with van der Waals surface area (Å²) in [6.07, 6.45) is 3.26. The van der Waals surface area contributed by atoms with Crippen LogP contribution < -0.4 is 10.1 Å². The third-order valence-electron chi connectivity index (χ3n) is 5.77. The molecule has 0 spiro atoms. The molecule has 30 heavy (non-hydrogen) atoms. The number of nitrogens with one attached hydrogen (secondary N) is 2. The SMILES string of the molecule is CCCCS(=O)(=O)NC1Cc2ccc(C3=NNC(=O)CC3c3ccccc3)cc2C1. The van der Waals surface area contributed by atoms with Crippen molar-refractivity contribution < 1.29 is 13.2 Å². The van der Waals surface area contributed by atoms with E-state index in [1.807, 2.05) is 43.3 Å². The Kier molecular flexibility index (Phi) is 6.01. The molecular weight excluding hydrogens is 398 g/mol. The van der Waals surface area contributed by atoms with Crippen LogP contribution in [0.2, 0.25) is 0 Å². The molecule has 0 radical (unpaired) electrons. The molecule has 2 N–H and O–H groups in total. The van der Waals surface area contributed by atoms with Crippen molar-refractivity contribution in [2.45, 2.75) is 51.0 Å². The molecule has 0 saturated carbocycles. The topological polar surface area (TPSA) is 87.6 Å². The highest BCUT2D eigenvalue weighted by Gasteiger charge is 2.30. The molecule has 1 amide bonds. The predicted molar refractivity (Wildman–Crippen MR) is 118 cm³/mol. The molecule has 6 nitrogen and oxygen atoms in total. The van der Waals surface area contributed by atoms with Crippen molar-refractivity contribution in [3.63, 3.8) is 0 Å². The van der Waals surface area contributed by atoms with Crippen molar-refractivity contribution in [1.82, 2.24) is 10.1 Å². The summed E-state index contributed by atoms with van der Waals surface area (Å²) in [6, 6.07) is 16.0. The van der Waals surface area contributed by atoms with Crippen molar-refractivity contribution in [1.29, 1.82) is 0 Å². The maximum Gasteiger partial charge on any atom is 0.241 e. The van der Waals surface area contributed by atoms with Gasteiger partial charge in [0.25, 0.3) is 0 Å². The van der Waals surface area contributed by atoms with Crippen LogP contribution in [0.15, 0.2) is 53.6 Å². The summed E-state index contributed by atoms with van der Waals surface area (Å²) in [6.45, 7) is 1.99. The highest BCUT2D eigenvalue weighted by Crippen LogP contribution is 2.30.